The zero-order chi connectivity index (χ0) is 44.2. The fourth-order valence-electron chi connectivity index (χ4n) is 6.86. The maximum atomic E-state index is 12.4. The quantitative estimate of drug-likeness (QED) is 0.0423. The molecule has 0 aromatic rings. The predicted molar refractivity (Wildman–Crippen MR) is 271 cm³/mol. The van der Waals surface area contributed by atoms with Crippen LogP contribution >= 0.6 is 0 Å². The number of carbonyl (C=O) groups is 1. The highest BCUT2D eigenvalue weighted by Crippen LogP contribution is 2.13. The highest BCUT2D eigenvalue weighted by atomic mass is 16.3. The molecule has 0 aliphatic rings. The number of amides is 1. The van der Waals surface area contributed by atoms with Gasteiger partial charge < -0.3 is 15.5 Å². The molecular formula is C57H95NO3. The van der Waals surface area contributed by atoms with Gasteiger partial charge in [-0.1, -0.05) is 232 Å². The van der Waals surface area contributed by atoms with Gasteiger partial charge in [0.2, 0.25) is 5.91 Å². The van der Waals surface area contributed by atoms with Crippen LogP contribution in [0.25, 0.3) is 0 Å². The molecule has 0 aromatic carbocycles. The van der Waals surface area contributed by atoms with Crippen molar-refractivity contribution in [3.8, 4) is 0 Å². The standard InChI is InChI=1S/C57H95NO3/c1-3-5-7-9-11-13-15-17-19-21-22-23-24-25-26-27-28-29-30-31-32-33-34-35-36-37-39-41-43-45-47-49-51-53-57(61)58-55(54-59)56(60)52-50-48-46-44-42-40-38-20-18-16-14-12-10-8-6-4-2/h5,7,11,13,17,19,22-23,25-26,28-29,31-32,34-35,42,44,50,52,55-56,59-60H,3-4,6,8-10,12,14-16,18,20-21,24,27,30,33,36-41,43,45-49,51,53-54H2,1-2H3,(H,58,61)/b7-5-,13-11-,19-17-,23-22-,26-25-,29-28-,32-31-,35-34-,44-42+,52-50+. The SMILES string of the molecule is CC/C=C\C/C=C\C/C=C\C/C=C\C/C=C\C/C=C\C/C=C\C/C=C\CCCCCCCCCCC(=O)NC(CO)C(O)/C=C/CC/C=C/CCCCCCCCCCCC. The summed E-state index contributed by atoms with van der Waals surface area (Å²) in [7, 11) is 0. The molecule has 0 fully saturated rings. The third kappa shape index (κ3) is 47.7. The number of aliphatic hydroxyl groups excluding tert-OH is 2. The lowest BCUT2D eigenvalue weighted by molar-refractivity contribution is -0.123. The zero-order valence-corrected chi connectivity index (χ0v) is 39.6. The normalized spacial score (nSPS) is 14.0. The number of unbranched alkanes of at least 4 members (excludes halogenated alkanes) is 19. The van der Waals surface area contributed by atoms with Crippen molar-refractivity contribution >= 4 is 5.91 Å². The average molecular weight is 842 g/mol. The molecular weight excluding hydrogens is 747 g/mol. The summed E-state index contributed by atoms with van der Waals surface area (Å²) in [6.07, 6.45) is 78.9. The number of carbonyl (C=O) groups excluding carboxylic acids is 1. The topological polar surface area (TPSA) is 69.6 Å². The largest absolute Gasteiger partial charge is 0.394 e. The number of hydrogen-bond donors (Lipinski definition) is 3. The number of rotatable bonds is 44. The van der Waals surface area contributed by atoms with Gasteiger partial charge in [-0.15, -0.1) is 0 Å². The molecule has 0 radical (unpaired) electrons. The smallest absolute Gasteiger partial charge is 0.220 e. The molecule has 0 bridgehead atoms. The van der Waals surface area contributed by atoms with Crippen LogP contribution in [0.5, 0.6) is 0 Å². The zero-order valence-electron chi connectivity index (χ0n) is 39.6. The van der Waals surface area contributed by atoms with Gasteiger partial charge >= 0.3 is 0 Å². The number of allylic oxidation sites excluding steroid dienone is 19. The summed E-state index contributed by atoms with van der Waals surface area (Å²) in [5, 5.41) is 23.0. The molecule has 0 aliphatic carbocycles. The summed E-state index contributed by atoms with van der Waals surface area (Å²) in [5.74, 6) is -0.0881. The molecule has 346 valence electrons. The van der Waals surface area contributed by atoms with E-state index in [0.717, 1.165) is 96.3 Å². The van der Waals surface area contributed by atoms with Crippen LogP contribution in [-0.2, 0) is 4.79 Å². The first-order valence-corrected chi connectivity index (χ1v) is 25.2. The summed E-state index contributed by atoms with van der Waals surface area (Å²) in [6.45, 7) is 4.17. The van der Waals surface area contributed by atoms with Crippen LogP contribution in [0.1, 0.15) is 213 Å². The monoisotopic (exact) mass is 842 g/mol. The number of nitrogens with one attached hydrogen (secondary N) is 1. The molecule has 61 heavy (non-hydrogen) atoms. The molecule has 0 heterocycles. The van der Waals surface area contributed by atoms with Crippen molar-refractivity contribution in [2.24, 2.45) is 0 Å². The van der Waals surface area contributed by atoms with Crippen LogP contribution in [0.15, 0.2) is 122 Å². The van der Waals surface area contributed by atoms with Crippen LogP contribution in [0.2, 0.25) is 0 Å². The Kier molecular flexibility index (Phi) is 48.5. The van der Waals surface area contributed by atoms with E-state index < -0.39 is 12.1 Å². The molecule has 4 nitrogen and oxygen atoms in total. The van der Waals surface area contributed by atoms with E-state index in [1.165, 1.54) is 96.3 Å². The van der Waals surface area contributed by atoms with E-state index in [-0.39, 0.29) is 12.5 Å². The summed E-state index contributed by atoms with van der Waals surface area (Å²) in [6, 6.07) is -0.652. The van der Waals surface area contributed by atoms with E-state index >= 15 is 0 Å². The van der Waals surface area contributed by atoms with Gasteiger partial charge in [0.15, 0.2) is 0 Å². The Hall–Kier alpha value is -3.21. The summed E-state index contributed by atoms with van der Waals surface area (Å²) < 4.78 is 0. The van der Waals surface area contributed by atoms with Crippen molar-refractivity contribution in [3.63, 3.8) is 0 Å². The van der Waals surface area contributed by atoms with Gasteiger partial charge in [-0.2, -0.15) is 0 Å². The maximum absolute atomic E-state index is 12.4. The minimum absolute atomic E-state index is 0.0881. The maximum Gasteiger partial charge on any atom is 0.220 e. The third-order valence-corrected chi connectivity index (χ3v) is 10.7. The Morgan fingerprint density at radius 3 is 1.15 bits per heavy atom. The predicted octanol–water partition coefficient (Wildman–Crippen LogP) is 16.5. The molecule has 0 rings (SSSR count). The van der Waals surface area contributed by atoms with Crippen LogP contribution in [0.3, 0.4) is 0 Å². The van der Waals surface area contributed by atoms with Crippen LogP contribution in [0, 0.1) is 0 Å². The molecule has 0 saturated heterocycles. The first-order valence-electron chi connectivity index (χ1n) is 25.2. The second-order valence-electron chi connectivity index (χ2n) is 16.5. The van der Waals surface area contributed by atoms with Crippen molar-refractivity contribution < 1.29 is 15.0 Å². The molecule has 0 spiro atoms. The van der Waals surface area contributed by atoms with E-state index in [1.807, 2.05) is 6.08 Å². The third-order valence-electron chi connectivity index (χ3n) is 10.7. The molecule has 0 aliphatic heterocycles. The Labute approximate surface area is 378 Å². The second kappa shape index (κ2) is 51.1. The first-order chi connectivity index (χ1) is 30.2. The fourth-order valence-corrected chi connectivity index (χ4v) is 6.86. The number of hydrogen-bond acceptors (Lipinski definition) is 3. The van der Waals surface area contributed by atoms with Crippen molar-refractivity contribution in [1.82, 2.24) is 5.32 Å². The Morgan fingerprint density at radius 2 is 0.738 bits per heavy atom. The van der Waals surface area contributed by atoms with Crippen molar-refractivity contribution in [2.75, 3.05) is 6.61 Å². The Morgan fingerprint density at radius 1 is 0.410 bits per heavy atom. The highest BCUT2D eigenvalue weighted by molar-refractivity contribution is 5.76. The van der Waals surface area contributed by atoms with Crippen molar-refractivity contribution in [2.45, 2.75) is 225 Å². The highest BCUT2D eigenvalue weighted by Gasteiger charge is 2.17. The van der Waals surface area contributed by atoms with Gasteiger partial charge in [0.25, 0.3) is 0 Å². The van der Waals surface area contributed by atoms with Crippen molar-refractivity contribution in [3.05, 3.63) is 122 Å². The fraction of sp³-hybridized carbons (Fsp3) is 0.632. The van der Waals surface area contributed by atoms with Gasteiger partial charge in [0.1, 0.15) is 0 Å². The summed E-state index contributed by atoms with van der Waals surface area (Å²) in [5.41, 5.74) is 0. The van der Waals surface area contributed by atoms with Crippen LogP contribution < -0.4 is 5.32 Å². The van der Waals surface area contributed by atoms with E-state index in [9.17, 15) is 15.0 Å². The number of aliphatic hydroxyl groups is 2. The van der Waals surface area contributed by atoms with Crippen LogP contribution in [0.4, 0.5) is 0 Å². The molecule has 3 N–H and O–H groups in total. The Bertz CT molecular complexity index is 1230. The average Bonchev–Trinajstić information content (AvgIpc) is 3.26. The van der Waals surface area contributed by atoms with Gasteiger partial charge in [0, 0.05) is 6.42 Å². The Balaban J connectivity index is 3.67. The summed E-state index contributed by atoms with van der Waals surface area (Å²) >= 11 is 0. The van der Waals surface area contributed by atoms with Crippen molar-refractivity contribution in [1.29, 1.82) is 0 Å². The molecule has 4 heteroatoms. The minimum Gasteiger partial charge on any atom is -0.394 e. The molecule has 2 unspecified atom stereocenters. The molecule has 2 atom stereocenters. The lowest BCUT2D eigenvalue weighted by Gasteiger charge is -2.19. The van der Waals surface area contributed by atoms with E-state index in [4.69, 9.17) is 0 Å². The van der Waals surface area contributed by atoms with Gasteiger partial charge in [-0.05, 0) is 96.3 Å². The first kappa shape index (κ1) is 57.8. The van der Waals surface area contributed by atoms with Gasteiger partial charge in [0.05, 0.1) is 18.8 Å². The lowest BCUT2D eigenvalue weighted by atomic mass is 10.1. The summed E-state index contributed by atoms with van der Waals surface area (Å²) in [4.78, 5) is 12.4. The van der Waals surface area contributed by atoms with E-state index in [0.29, 0.717) is 6.42 Å². The van der Waals surface area contributed by atoms with E-state index in [1.54, 1.807) is 6.08 Å². The minimum atomic E-state index is -0.874. The molecule has 1 amide bonds. The van der Waals surface area contributed by atoms with Gasteiger partial charge in [-0.25, -0.2) is 0 Å². The molecule has 0 saturated carbocycles. The van der Waals surface area contributed by atoms with Crippen LogP contribution in [-0.4, -0.2) is 34.9 Å². The molecule has 0 aromatic heterocycles. The lowest BCUT2D eigenvalue weighted by Crippen LogP contribution is -2.45. The van der Waals surface area contributed by atoms with E-state index in [2.05, 4.69) is 129 Å². The second-order valence-corrected chi connectivity index (χ2v) is 16.5. The van der Waals surface area contributed by atoms with Gasteiger partial charge in [-0.3, -0.25) is 4.79 Å².